The maximum absolute atomic E-state index is 11.2. The number of carbonyl (C=O) groups is 1. The molecular formula is C15H27NO2. The van der Waals surface area contributed by atoms with Gasteiger partial charge in [0.2, 0.25) is 0 Å². The van der Waals surface area contributed by atoms with E-state index in [1.54, 1.807) is 0 Å². The van der Waals surface area contributed by atoms with E-state index in [4.69, 9.17) is 0 Å². The topological polar surface area (TPSA) is 40.5 Å². The predicted octanol–water partition coefficient (Wildman–Crippen LogP) is 3.14. The molecule has 2 saturated carbocycles. The molecule has 104 valence electrons. The third-order valence-electron chi connectivity index (χ3n) is 4.98. The van der Waals surface area contributed by atoms with Crippen LogP contribution in [0.15, 0.2) is 0 Å². The Morgan fingerprint density at radius 1 is 1.06 bits per heavy atom. The molecule has 2 unspecified atom stereocenters. The molecule has 2 aliphatic carbocycles. The molecule has 0 aromatic heterocycles. The maximum Gasteiger partial charge on any atom is 0.317 e. The summed E-state index contributed by atoms with van der Waals surface area (Å²) >= 11 is 0. The van der Waals surface area contributed by atoms with Gasteiger partial charge in [0.05, 0.1) is 6.54 Å². The summed E-state index contributed by atoms with van der Waals surface area (Å²) < 4.78 is 0. The maximum atomic E-state index is 11.2. The molecule has 0 aromatic rings. The molecule has 2 aliphatic rings. The molecule has 0 amide bonds. The smallest absolute Gasteiger partial charge is 0.317 e. The highest BCUT2D eigenvalue weighted by Crippen LogP contribution is 2.36. The normalized spacial score (nSPS) is 34.1. The van der Waals surface area contributed by atoms with Crippen LogP contribution in [0.25, 0.3) is 0 Å². The van der Waals surface area contributed by atoms with Gasteiger partial charge >= 0.3 is 5.97 Å². The first-order chi connectivity index (χ1) is 8.59. The highest BCUT2D eigenvalue weighted by atomic mass is 16.4. The van der Waals surface area contributed by atoms with Gasteiger partial charge in [0.25, 0.3) is 0 Å². The Morgan fingerprint density at radius 3 is 2.11 bits per heavy atom. The van der Waals surface area contributed by atoms with Crippen LogP contribution in [0.4, 0.5) is 0 Å². The zero-order valence-corrected chi connectivity index (χ0v) is 11.8. The van der Waals surface area contributed by atoms with Crippen molar-refractivity contribution in [3.05, 3.63) is 0 Å². The molecule has 3 nitrogen and oxygen atoms in total. The second-order valence-electron chi connectivity index (χ2n) is 6.38. The molecule has 2 fully saturated rings. The molecule has 0 aromatic carbocycles. The third-order valence-corrected chi connectivity index (χ3v) is 4.98. The van der Waals surface area contributed by atoms with E-state index in [0.29, 0.717) is 23.9 Å². The Hall–Kier alpha value is -0.570. The highest BCUT2D eigenvalue weighted by Gasteiger charge is 2.37. The van der Waals surface area contributed by atoms with Crippen molar-refractivity contribution >= 4 is 5.97 Å². The molecule has 18 heavy (non-hydrogen) atoms. The molecule has 0 radical (unpaired) electrons. The largest absolute Gasteiger partial charge is 0.480 e. The van der Waals surface area contributed by atoms with Crippen molar-refractivity contribution in [1.29, 1.82) is 0 Å². The number of hydrogen-bond acceptors (Lipinski definition) is 2. The minimum absolute atomic E-state index is 0.240. The average Bonchev–Trinajstić information content (AvgIpc) is 2.80. The van der Waals surface area contributed by atoms with Gasteiger partial charge in [0.15, 0.2) is 0 Å². The van der Waals surface area contributed by atoms with Gasteiger partial charge in [0, 0.05) is 12.1 Å². The van der Waals surface area contributed by atoms with Crippen molar-refractivity contribution < 1.29 is 9.90 Å². The number of hydrogen-bond donors (Lipinski definition) is 1. The average molecular weight is 253 g/mol. The molecule has 0 bridgehead atoms. The SMILES string of the molecule is CC1CCCC(C)C1N(CC(=O)O)C1CCCC1. The van der Waals surface area contributed by atoms with Crippen molar-refractivity contribution in [3.8, 4) is 0 Å². The molecule has 3 heteroatoms. The van der Waals surface area contributed by atoms with Gasteiger partial charge in [0.1, 0.15) is 0 Å². The molecular weight excluding hydrogens is 226 g/mol. The summed E-state index contributed by atoms with van der Waals surface area (Å²) in [6.07, 6.45) is 8.78. The van der Waals surface area contributed by atoms with E-state index in [1.807, 2.05) is 0 Å². The van der Waals surface area contributed by atoms with Crippen molar-refractivity contribution in [2.75, 3.05) is 6.54 Å². The van der Waals surface area contributed by atoms with Crippen molar-refractivity contribution in [2.24, 2.45) is 11.8 Å². The van der Waals surface area contributed by atoms with Crippen LogP contribution in [-0.2, 0) is 4.79 Å². The van der Waals surface area contributed by atoms with Crippen molar-refractivity contribution in [1.82, 2.24) is 4.90 Å². The van der Waals surface area contributed by atoms with Gasteiger partial charge in [-0.3, -0.25) is 9.69 Å². The van der Waals surface area contributed by atoms with Crippen LogP contribution in [0.2, 0.25) is 0 Å². The Balaban J connectivity index is 2.12. The first kappa shape index (κ1) is 13.9. The molecule has 0 aliphatic heterocycles. The van der Waals surface area contributed by atoms with Gasteiger partial charge in [-0.15, -0.1) is 0 Å². The fraction of sp³-hybridized carbons (Fsp3) is 0.933. The monoisotopic (exact) mass is 253 g/mol. The minimum Gasteiger partial charge on any atom is -0.480 e. The van der Waals surface area contributed by atoms with Gasteiger partial charge in [-0.1, -0.05) is 33.1 Å². The van der Waals surface area contributed by atoms with Crippen molar-refractivity contribution in [2.45, 2.75) is 70.9 Å². The standard InChI is InChI=1S/C15H27NO2/c1-11-6-5-7-12(2)15(11)16(10-14(17)18)13-8-3-4-9-13/h11-13,15H,3-10H2,1-2H3,(H,17,18). The molecule has 0 heterocycles. The highest BCUT2D eigenvalue weighted by molar-refractivity contribution is 5.69. The van der Waals surface area contributed by atoms with E-state index in [9.17, 15) is 9.90 Å². The summed E-state index contributed by atoms with van der Waals surface area (Å²) in [7, 11) is 0. The van der Waals surface area contributed by atoms with Crippen LogP contribution in [-0.4, -0.2) is 34.6 Å². The third kappa shape index (κ3) is 3.05. The Labute approximate surface area is 111 Å². The van der Waals surface area contributed by atoms with E-state index >= 15 is 0 Å². The van der Waals surface area contributed by atoms with Crippen LogP contribution in [0, 0.1) is 11.8 Å². The number of aliphatic carboxylic acids is 1. The molecule has 2 rings (SSSR count). The summed E-state index contributed by atoms with van der Waals surface area (Å²) in [6.45, 7) is 4.86. The summed E-state index contributed by atoms with van der Waals surface area (Å²) in [4.78, 5) is 13.5. The zero-order valence-electron chi connectivity index (χ0n) is 11.8. The van der Waals surface area contributed by atoms with E-state index in [1.165, 1.54) is 44.9 Å². The van der Waals surface area contributed by atoms with Gasteiger partial charge in [-0.2, -0.15) is 0 Å². The Morgan fingerprint density at radius 2 is 1.61 bits per heavy atom. The van der Waals surface area contributed by atoms with Crippen molar-refractivity contribution in [3.63, 3.8) is 0 Å². The summed E-state index contributed by atoms with van der Waals surface area (Å²) in [6, 6.07) is 1.01. The lowest BCUT2D eigenvalue weighted by molar-refractivity contribution is -0.140. The quantitative estimate of drug-likeness (QED) is 0.836. The first-order valence-electron chi connectivity index (χ1n) is 7.57. The number of rotatable bonds is 4. The number of carboxylic acids is 1. The Kier molecular flexibility index (Phi) is 4.66. The second-order valence-corrected chi connectivity index (χ2v) is 6.38. The second kappa shape index (κ2) is 6.05. The van der Waals surface area contributed by atoms with Crippen LogP contribution >= 0.6 is 0 Å². The lowest BCUT2D eigenvalue weighted by Crippen LogP contribution is -2.52. The van der Waals surface area contributed by atoms with Gasteiger partial charge < -0.3 is 5.11 Å². The lowest BCUT2D eigenvalue weighted by Gasteiger charge is -2.44. The number of nitrogens with zero attached hydrogens (tertiary/aromatic N) is 1. The van der Waals surface area contributed by atoms with Gasteiger partial charge in [-0.25, -0.2) is 0 Å². The van der Waals surface area contributed by atoms with Crippen LogP contribution in [0.1, 0.15) is 58.8 Å². The number of carboxylic acid groups (broad SMARTS) is 1. The van der Waals surface area contributed by atoms with Crippen LogP contribution in [0.3, 0.4) is 0 Å². The molecule has 0 saturated heterocycles. The van der Waals surface area contributed by atoms with E-state index in [-0.39, 0.29) is 6.54 Å². The van der Waals surface area contributed by atoms with Gasteiger partial charge in [-0.05, 0) is 37.5 Å². The van der Waals surface area contributed by atoms with Crippen LogP contribution in [0.5, 0.6) is 0 Å². The summed E-state index contributed by atoms with van der Waals surface area (Å²) in [5, 5.41) is 9.21. The Bertz CT molecular complexity index is 276. The van der Waals surface area contributed by atoms with E-state index in [0.717, 1.165) is 0 Å². The molecule has 1 N–H and O–H groups in total. The van der Waals surface area contributed by atoms with E-state index in [2.05, 4.69) is 18.7 Å². The zero-order chi connectivity index (χ0) is 13.1. The summed E-state index contributed by atoms with van der Waals surface area (Å²) in [5.74, 6) is 0.634. The lowest BCUT2D eigenvalue weighted by atomic mass is 9.77. The van der Waals surface area contributed by atoms with E-state index < -0.39 is 5.97 Å². The van der Waals surface area contributed by atoms with Crippen LogP contribution < -0.4 is 0 Å². The molecule has 2 atom stereocenters. The fourth-order valence-corrected chi connectivity index (χ4v) is 4.19. The predicted molar refractivity (Wildman–Crippen MR) is 72.6 cm³/mol. The fourth-order valence-electron chi connectivity index (χ4n) is 4.19. The summed E-state index contributed by atoms with van der Waals surface area (Å²) in [5.41, 5.74) is 0. The molecule has 0 spiro atoms. The minimum atomic E-state index is -0.660. The first-order valence-corrected chi connectivity index (χ1v) is 7.57.